The molecule has 0 radical (unpaired) electrons. The van der Waals surface area contributed by atoms with Crippen LogP contribution in [0, 0.1) is 13.8 Å². The SMILES string of the molecule is Cc1nn(C)c(C)c1CCNC(=O)CCc1nc(-c2ccc(Cl)cc2)no1. The zero-order chi connectivity index (χ0) is 19.4. The van der Waals surface area contributed by atoms with E-state index in [0.29, 0.717) is 36.1 Å². The largest absolute Gasteiger partial charge is 0.356 e. The molecule has 3 rings (SSSR count). The van der Waals surface area contributed by atoms with Gasteiger partial charge in [-0.1, -0.05) is 16.8 Å². The number of amides is 1. The van der Waals surface area contributed by atoms with Crippen LogP contribution in [-0.4, -0.2) is 32.4 Å². The Kier molecular flexibility index (Phi) is 5.91. The Labute approximate surface area is 162 Å². The summed E-state index contributed by atoms with van der Waals surface area (Å²) in [7, 11) is 1.92. The molecular formula is C19H22ClN5O2. The minimum absolute atomic E-state index is 0.0413. The van der Waals surface area contributed by atoms with E-state index < -0.39 is 0 Å². The van der Waals surface area contributed by atoms with Gasteiger partial charge in [-0.05, 0) is 50.1 Å². The van der Waals surface area contributed by atoms with Crippen molar-refractivity contribution < 1.29 is 9.32 Å². The van der Waals surface area contributed by atoms with Crippen molar-refractivity contribution in [3.8, 4) is 11.4 Å². The van der Waals surface area contributed by atoms with Gasteiger partial charge in [0.25, 0.3) is 0 Å². The summed E-state index contributed by atoms with van der Waals surface area (Å²) in [5.74, 6) is 0.888. The molecule has 2 heterocycles. The highest BCUT2D eigenvalue weighted by atomic mass is 35.5. The zero-order valence-electron chi connectivity index (χ0n) is 15.6. The molecule has 1 aromatic carbocycles. The van der Waals surface area contributed by atoms with Gasteiger partial charge in [-0.15, -0.1) is 0 Å². The fourth-order valence-electron chi connectivity index (χ4n) is 2.89. The summed E-state index contributed by atoms with van der Waals surface area (Å²) < 4.78 is 7.08. The average Bonchev–Trinajstić information content (AvgIpc) is 3.21. The lowest BCUT2D eigenvalue weighted by molar-refractivity contribution is -0.121. The van der Waals surface area contributed by atoms with Gasteiger partial charge in [-0.3, -0.25) is 9.48 Å². The number of carbonyl (C=O) groups is 1. The topological polar surface area (TPSA) is 85.8 Å². The fourth-order valence-corrected chi connectivity index (χ4v) is 3.01. The molecule has 27 heavy (non-hydrogen) atoms. The minimum atomic E-state index is -0.0413. The molecule has 142 valence electrons. The predicted molar refractivity (Wildman–Crippen MR) is 102 cm³/mol. The van der Waals surface area contributed by atoms with E-state index in [2.05, 4.69) is 20.6 Å². The maximum absolute atomic E-state index is 12.1. The van der Waals surface area contributed by atoms with Crippen LogP contribution in [0.1, 0.15) is 29.3 Å². The number of rotatable bonds is 7. The normalized spacial score (nSPS) is 11.0. The Morgan fingerprint density at radius 1 is 1.22 bits per heavy atom. The highest BCUT2D eigenvalue weighted by molar-refractivity contribution is 6.30. The van der Waals surface area contributed by atoms with Crippen LogP contribution in [-0.2, 0) is 24.7 Å². The second-order valence-electron chi connectivity index (χ2n) is 6.39. The second kappa shape index (κ2) is 8.35. The first kappa shape index (κ1) is 19.1. The number of nitrogens with one attached hydrogen (secondary N) is 1. The standard InChI is InChI=1S/C19H22ClN5O2/c1-12-16(13(2)25(3)23-12)10-11-21-17(26)8-9-18-22-19(24-27-18)14-4-6-15(20)7-5-14/h4-7H,8-11H2,1-3H3,(H,21,26). The van der Waals surface area contributed by atoms with Gasteiger partial charge in [0, 0.05) is 42.7 Å². The Morgan fingerprint density at radius 2 is 1.96 bits per heavy atom. The number of aryl methyl sites for hydroxylation is 3. The summed E-state index contributed by atoms with van der Waals surface area (Å²) in [5.41, 5.74) is 4.13. The molecule has 0 aliphatic rings. The summed E-state index contributed by atoms with van der Waals surface area (Å²) in [4.78, 5) is 16.4. The number of hydrogen-bond acceptors (Lipinski definition) is 5. The van der Waals surface area contributed by atoms with E-state index in [1.165, 1.54) is 5.56 Å². The summed E-state index contributed by atoms with van der Waals surface area (Å²) in [6.07, 6.45) is 1.46. The van der Waals surface area contributed by atoms with Crippen LogP contribution in [0.3, 0.4) is 0 Å². The van der Waals surface area contributed by atoms with Crippen LogP contribution in [0.5, 0.6) is 0 Å². The van der Waals surface area contributed by atoms with Crippen molar-refractivity contribution >= 4 is 17.5 Å². The number of hydrogen-bond donors (Lipinski definition) is 1. The van der Waals surface area contributed by atoms with E-state index in [1.54, 1.807) is 12.1 Å². The highest BCUT2D eigenvalue weighted by Crippen LogP contribution is 2.19. The Morgan fingerprint density at radius 3 is 2.63 bits per heavy atom. The summed E-state index contributed by atoms with van der Waals surface area (Å²) in [5, 5.41) is 11.9. The van der Waals surface area contributed by atoms with Crippen molar-refractivity contribution in [2.45, 2.75) is 33.1 Å². The molecule has 0 bridgehead atoms. The minimum Gasteiger partial charge on any atom is -0.356 e. The number of nitrogens with zero attached hydrogens (tertiary/aromatic N) is 4. The summed E-state index contributed by atoms with van der Waals surface area (Å²) >= 11 is 5.87. The molecule has 0 fully saturated rings. The van der Waals surface area contributed by atoms with Gasteiger partial charge in [0.05, 0.1) is 5.69 Å². The Hall–Kier alpha value is -2.67. The summed E-state index contributed by atoms with van der Waals surface area (Å²) in [6.45, 7) is 4.59. The Bertz CT molecular complexity index is 930. The van der Waals surface area contributed by atoms with Gasteiger partial charge in [-0.25, -0.2) is 0 Å². The van der Waals surface area contributed by atoms with Crippen molar-refractivity contribution in [2.24, 2.45) is 7.05 Å². The Balaban J connectivity index is 1.46. The van der Waals surface area contributed by atoms with Gasteiger partial charge in [-0.2, -0.15) is 10.1 Å². The van der Waals surface area contributed by atoms with Gasteiger partial charge in [0.15, 0.2) is 0 Å². The van der Waals surface area contributed by atoms with Crippen molar-refractivity contribution in [2.75, 3.05) is 6.54 Å². The molecule has 0 saturated heterocycles. The third kappa shape index (κ3) is 4.74. The van der Waals surface area contributed by atoms with Gasteiger partial charge in [0.1, 0.15) is 0 Å². The van der Waals surface area contributed by atoms with E-state index in [4.69, 9.17) is 16.1 Å². The molecule has 3 aromatic rings. The number of aromatic nitrogens is 4. The van der Waals surface area contributed by atoms with Crippen LogP contribution in [0.25, 0.3) is 11.4 Å². The first-order valence-corrected chi connectivity index (χ1v) is 9.16. The van der Waals surface area contributed by atoms with E-state index in [-0.39, 0.29) is 5.91 Å². The third-order valence-corrected chi connectivity index (χ3v) is 4.74. The monoisotopic (exact) mass is 387 g/mol. The van der Waals surface area contributed by atoms with Crippen LogP contribution >= 0.6 is 11.6 Å². The molecule has 0 aliphatic carbocycles. The maximum atomic E-state index is 12.1. The highest BCUT2D eigenvalue weighted by Gasteiger charge is 2.12. The molecular weight excluding hydrogens is 366 g/mol. The predicted octanol–water partition coefficient (Wildman–Crippen LogP) is 3.03. The lowest BCUT2D eigenvalue weighted by atomic mass is 10.1. The summed E-state index contributed by atoms with van der Waals surface area (Å²) in [6, 6.07) is 7.19. The van der Waals surface area contributed by atoms with Crippen LogP contribution < -0.4 is 5.32 Å². The molecule has 2 aromatic heterocycles. The third-order valence-electron chi connectivity index (χ3n) is 4.49. The molecule has 8 heteroatoms. The van der Waals surface area contributed by atoms with Crippen LogP contribution in [0.15, 0.2) is 28.8 Å². The smallest absolute Gasteiger partial charge is 0.227 e. The first-order chi connectivity index (χ1) is 12.9. The zero-order valence-corrected chi connectivity index (χ0v) is 16.4. The van der Waals surface area contributed by atoms with Crippen molar-refractivity contribution in [3.63, 3.8) is 0 Å². The fraction of sp³-hybridized carbons (Fsp3) is 0.368. The molecule has 0 aliphatic heterocycles. The lowest BCUT2D eigenvalue weighted by Crippen LogP contribution is -2.26. The first-order valence-electron chi connectivity index (χ1n) is 8.78. The number of carbonyl (C=O) groups excluding carboxylic acids is 1. The quantitative estimate of drug-likeness (QED) is 0.673. The van der Waals surface area contributed by atoms with E-state index >= 15 is 0 Å². The van der Waals surface area contributed by atoms with Gasteiger partial charge >= 0.3 is 0 Å². The number of halogens is 1. The maximum Gasteiger partial charge on any atom is 0.227 e. The van der Waals surface area contributed by atoms with Crippen molar-refractivity contribution in [1.82, 2.24) is 25.2 Å². The van der Waals surface area contributed by atoms with E-state index in [0.717, 1.165) is 23.4 Å². The molecule has 1 N–H and O–H groups in total. The van der Waals surface area contributed by atoms with Crippen molar-refractivity contribution in [1.29, 1.82) is 0 Å². The molecule has 7 nitrogen and oxygen atoms in total. The van der Waals surface area contributed by atoms with E-state index in [1.807, 2.05) is 37.7 Å². The van der Waals surface area contributed by atoms with Crippen LogP contribution in [0.4, 0.5) is 0 Å². The second-order valence-corrected chi connectivity index (χ2v) is 6.83. The number of benzene rings is 1. The van der Waals surface area contributed by atoms with Gasteiger partial charge in [0.2, 0.25) is 17.6 Å². The molecule has 0 unspecified atom stereocenters. The van der Waals surface area contributed by atoms with Crippen molar-refractivity contribution in [3.05, 3.63) is 52.1 Å². The van der Waals surface area contributed by atoms with Crippen LogP contribution in [0.2, 0.25) is 5.02 Å². The lowest BCUT2D eigenvalue weighted by Gasteiger charge is -2.05. The van der Waals surface area contributed by atoms with Gasteiger partial charge < -0.3 is 9.84 Å². The molecule has 0 spiro atoms. The molecule has 1 amide bonds. The van der Waals surface area contributed by atoms with E-state index in [9.17, 15) is 4.79 Å². The molecule has 0 saturated carbocycles. The molecule has 0 atom stereocenters. The average molecular weight is 388 g/mol.